The van der Waals surface area contributed by atoms with Crippen molar-refractivity contribution in [2.45, 2.75) is 95.9 Å². The molecule has 0 saturated heterocycles. The fourth-order valence-electron chi connectivity index (χ4n) is 4.55. The first kappa shape index (κ1) is 24.5. The smallest absolute Gasteiger partial charge is 0.240 e. The van der Waals surface area contributed by atoms with Gasteiger partial charge in [0.1, 0.15) is 16.7 Å². The molecule has 5 nitrogen and oxygen atoms in total. The second-order valence-electron chi connectivity index (χ2n) is 11.3. The summed E-state index contributed by atoms with van der Waals surface area (Å²) >= 11 is 0. The average Bonchev–Trinajstić information content (AvgIpc) is 3.05. The summed E-state index contributed by atoms with van der Waals surface area (Å²) in [6.07, 6.45) is 5.80. The van der Waals surface area contributed by atoms with E-state index in [1.54, 1.807) is 6.07 Å². The number of nitrogens with two attached hydrogens (primary N) is 1. The van der Waals surface area contributed by atoms with Gasteiger partial charge in [-0.25, -0.2) is 13.6 Å². The molecule has 174 valence electrons. The standard InChI is InChI=1S/C26H37N3O2S/c1-25(2,3)20-12-19(13-21(14-20)26(4,5)6)22-15-24(32(28,30)31)23(16-27)29(22)17-18-10-8-7-9-11-18/h12-15,18H,7-11,17H2,1-6H3,(H2,28,30,31). The van der Waals surface area contributed by atoms with Crippen LogP contribution in [-0.2, 0) is 27.4 Å². The fourth-order valence-corrected chi connectivity index (χ4v) is 5.26. The highest BCUT2D eigenvalue weighted by molar-refractivity contribution is 7.89. The van der Waals surface area contributed by atoms with Crippen LogP contribution in [0.4, 0.5) is 0 Å². The Morgan fingerprint density at radius 2 is 1.50 bits per heavy atom. The Bertz CT molecular complexity index is 1100. The van der Waals surface area contributed by atoms with Crippen LogP contribution in [0.3, 0.4) is 0 Å². The van der Waals surface area contributed by atoms with E-state index in [0.717, 1.165) is 24.1 Å². The Kier molecular flexibility index (Phi) is 6.66. The first-order valence-electron chi connectivity index (χ1n) is 11.5. The van der Waals surface area contributed by atoms with Crippen LogP contribution in [0.25, 0.3) is 11.3 Å². The molecule has 1 saturated carbocycles. The Morgan fingerprint density at radius 1 is 0.969 bits per heavy atom. The third kappa shape index (κ3) is 5.27. The van der Waals surface area contributed by atoms with Gasteiger partial charge in [0.25, 0.3) is 0 Å². The number of hydrogen-bond acceptors (Lipinski definition) is 3. The first-order chi connectivity index (χ1) is 14.7. The molecule has 0 bridgehead atoms. The molecular weight excluding hydrogens is 418 g/mol. The summed E-state index contributed by atoms with van der Waals surface area (Å²) < 4.78 is 26.6. The quantitative estimate of drug-likeness (QED) is 0.627. The summed E-state index contributed by atoms with van der Waals surface area (Å²) in [7, 11) is -4.02. The Labute approximate surface area is 193 Å². The Morgan fingerprint density at radius 3 is 1.94 bits per heavy atom. The van der Waals surface area contributed by atoms with E-state index in [1.165, 1.54) is 30.4 Å². The van der Waals surface area contributed by atoms with E-state index in [-0.39, 0.29) is 21.4 Å². The van der Waals surface area contributed by atoms with Gasteiger partial charge in [0.15, 0.2) is 0 Å². The maximum Gasteiger partial charge on any atom is 0.240 e. The molecule has 0 spiro atoms. The van der Waals surface area contributed by atoms with Crippen LogP contribution in [0.2, 0.25) is 0 Å². The van der Waals surface area contributed by atoms with E-state index in [1.807, 2.05) is 4.57 Å². The molecule has 2 N–H and O–H groups in total. The number of nitriles is 1. The van der Waals surface area contributed by atoms with Crippen LogP contribution in [-0.4, -0.2) is 13.0 Å². The predicted octanol–water partition coefficient (Wildman–Crippen LogP) is 5.85. The molecule has 32 heavy (non-hydrogen) atoms. The fraction of sp³-hybridized carbons (Fsp3) is 0.577. The van der Waals surface area contributed by atoms with Crippen molar-refractivity contribution in [1.29, 1.82) is 5.26 Å². The number of benzene rings is 1. The van der Waals surface area contributed by atoms with E-state index in [2.05, 4.69) is 65.8 Å². The third-order valence-electron chi connectivity index (χ3n) is 6.60. The lowest BCUT2D eigenvalue weighted by molar-refractivity contribution is 0.319. The molecule has 3 rings (SSSR count). The van der Waals surface area contributed by atoms with Crippen molar-refractivity contribution in [3.63, 3.8) is 0 Å². The zero-order valence-corrected chi connectivity index (χ0v) is 21.1. The molecule has 1 aromatic heterocycles. The maximum absolute atomic E-state index is 12.4. The monoisotopic (exact) mass is 455 g/mol. The van der Waals surface area contributed by atoms with E-state index >= 15 is 0 Å². The number of hydrogen-bond donors (Lipinski definition) is 1. The molecule has 1 aliphatic carbocycles. The molecule has 2 aromatic rings. The Balaban J connectivity index is 2.28. The minimum atomic E-state index is -4.02. The zero-order chi connectivity index (χ0) is 23.9. The number of nitrogens with zero attached hydrogens (tertiary/aromatic N) is 2. The highest BCUT2D eigenvalue weighted by atomic mass is 32.2. The van der Waals surface area contributed by atoms with E-state index in [9.17, 15) is 13.7 Å². The summed E-state index contributed by atoms with van der Waals surface area (Å²) in [6, 6.07) is 10.3. The number of sulfonamides is 1. The van der Waals surface area contributed by atoms with Crippen molar-refractivity contribution in [2.75, 3.05) is 0 Å². The third-order valence-corrected chi connectivity index (χ3v) is 7.52. The molecule has 0 aliphatic heterocycles. The minimum absolute atomic E-state index is 0.0718. The lowest BCUT2D eigenvalue weighted by Gasteiger charge is -2.27. The summed E-state index contributed by atoms with van der Waals surface area (Å²) in [5.74, 6) is 0.434. The average molecular weight is 456 g/mol. The van der Waals surface area contributed by atoms with Crippen LogP contribution in [0.15, 0.2) is 29.2 Å². The van der Waals surface area contributed by atoms with Gasteiger partial charge in [0.2, 0.25) is 10.0 Å². The molecule has 0 unspecified atom stereocenters. The van der Waals surface area contributed by atoms with Crippen LogP contribution in [0, 0.1) is 17.2 Å². The van der Waals surface area contributed by atoms with Crippen LogP contribution < -0.4 is 5.14 Å². The molecule has 0 amide bonds. The van der Waals surface area contributed by atoms with Crippen molar-refractivity contribution >= 4 is 10.0 Å². The molecule has 1 heterocycles. The number of aromatic nitrogens is 1. The summed E-state index contributed by atoms with van der Waals surface area (Å²) in [5.41, 5.74) is 4.06. The highest BCUT2D eigenvalue weighted by Gasteiger charge is 2.27. The molecule has 1 aromatic carbocycles. The Hall–Kier alpha value is -2.10. The summed E-state index contributed by atoms with van der Waals surface area (Å²) in [4.78, 5) is -0.0794. The number of rotatable bonds is 4. The molecule has 1 aliphatic rings. The molecule has 0 radical (unpaired) electrons. The van der Waals surface area contributed by atoms with Gasteiger partial charge in [-0.15, -0.1) is 0 Å². The molecule has 6 heteroatoms. The van der Waals surface area contributed by atoms with E-state index < -0.39 is 10.0 Å². The summed E-state index contributed by atoms with van der Waals surface area (Å²) in [5, 5.41) is 15.5. The van der Waals surface area contributed by atoms with Gasteiger partial charge < -0.3 is 4.57 Å². The van der Waals surface area contributed by atoms with Crippen LogP contribution >= 0.6 is 0 Å². The van der Waals surface area contributed by atoms with Crippen molar-refractivity contribution in [3.8, 4) is 17.3 Å². The molecular formula is C26H37N3O2S. The second-order valence-corrected chi connectivity index (χ2v) is 12.8. The van der Waals surface area contributed by atoms with Crippen molar-refractivity contribution < 1.29 is 8.42 Å². The normalized spacial score (nSPS) is 16.2. The van der Waals surface area contributed by atoms with Gasteiger partial charge in [0.05, 0.1) is 5.69 Å². The van der Waals surface area contributed by atoms with Crippen LogP contribution in [0.1, 0.15) is 90.5 Å². The predicted molar refractivity (Wildman–Crippen MR) is 130 cm³/mol. The lowest BCUT2D eigenvalue weighted by Crippen LogP contribution is -2.18. The van der Waals surface area contributed by atoms with Gasteiger partial charge in [-0.3, -0.25) is 0 Å². The first-order valence-corrected chi connectivity index (χ1v) is 13.1. The van der Waals surface area contributed by atoms with Crippen LogP contribution in [0.5, 0.6) is 0 Å². The highest BCUT2D eigenvalue weighted by Crippen LogP contribution is 2.37. The van der Waals surface area contributed by atoms with E-state index in [4.69, 9.17) is 5.14 Å². The molecule has 0 atom stereocenters. The maximum atomic E-state index is 12.4. The number of primary sulfonamides is 1. The van der Waals surface area contributed by atoms with Crippen molar-refractivity contribution in [3.05, 3.63) is 41.1 Å². The SMILES string of the molecule is CC(C)(C)c1cc(-c2cc(S(N)(=O)=O)c(C#N)n2CC2CCCCC2)cc(C(C)(C)C)c1. The van der Waals surface area contributed by atoms with E-state index in [0.29, 0.717) is 12.5 Å². The topological polar surface area (TPSA) is 88.9 Å². The van der Waals surface area contributed by atoms with Crippen molar-refractivity contribution in [2.24, 2.45) is 11.1 Å². The largest absolute Gasteiger partial charge is 0.331 e. The van der Waals surface area contributed by atoms with Gasteiger partial charge in [-0.1, -0.05) is 66.9 Å². The zero-order valence-electron chi connectivity index (χ0n) is 20.3. The van der Waals surface area contributed by atoms with Gasteiger partial charge >= 0.3 is 0 Å². The molecule has 1 fully saturated rings. The van der Waals surface area contributed by atoms with Gasteiger partial charge in [-0.2, -0.15) is 5.26 Å². The van der Waals surface area contributed by atoms with Crippen molar-refractivity contribution in [1.82, 2.24) is 4.57 Å². The van der Waals surface area contributed by atoms with Gasteiger partial charge in [-0.05, 0) is 64.5 Å². The lowest BCUT2D eigenvalue weighted by atomic mass is 9.79. The second kappa shape index (κ2) is 8.68. The summed E-state index contributed by atoms with van der Waals surface area (Å²) in [6.45, 7) is 13.7. The van der Waals surface area contributed by atoms with Gasteiger partial charge in [0, 0.05) is 6.54 Å². The minimum Gasteiger partial charge on any atom is -0.331 e.